The van der Waals surface area contributed by atoms with Gasteiger partial charge in [0.1, 0.15) is 5.82 Å². The molecule has 0 bridgehead atoms. The van der Waals surface area contributed by atoms with E-state index < -0.39 is 17.7 Å². The van der Waals surface area contributed by atoms with E-state index in [0.29, 0.717) is 25.5 Å². The maximum atomic E-state index is 13.3. The molecule has 0 N–H and O–H groups in total. The molecule has 0 unspecified atom stereocenters. The van der Waals surface area contributed by atoms with Crippen LogP contribution in [-0.4, -0.2) is 29.9 Å². The summed E-state index contributed by atoms with van der Waals surface area (Å²) in [6, 6.07) is 2.66. The van der Waals surface area contributed by atoms with Gasteiger partial charge >= 0.3 is 6.09 Å². The maximum absolute atomic E-state index is 13.3. The van der Waals surface area contributed by atoms with Crippen molar-refractivity contribution >= 4 is 11.9 Å². The van der Waals surface area contributed by atoms with Crippen molar-refractivity contribution in [2.75, 3.05) is 13.1 Å². The van der Waals surface area contributed by atoms with Crippen LogP contribution < -0.4 is 4.74 Å². The highest BCUT2D eigenvalue weighted by Gasteiger charge is 2.23. The molecule has 0 atom stereocenters. The number of carbonyl (C=O) groups excluding carboxylic acids is 2. The number of Topliss-reactive ketones (excluding diaryl/α,β-unsaturated/α-hetero) is 1. The molecule has 1 aliphatic heterocycles. The van der Waals surface area contributed by atoms with Crippen molar-refractivity contribution in [1.82, 2.24) is 4.90 Å². The van der Waals surface area contributed by atoms with E-state index in [4.69, 9.17) is 4.74 Å². The molecule has 96 valence electrons. The number of hydrogen-bond donors (Lipinski definition) is 0. The number of piperidine rings is 1. The fourth-order valence-electron chi connectivity index (χ4n) is 1.71. The van der Waals surface area contributed by atoms with Crippen molar-refractivity contribution in [3.05, 3.63) is 29.8 Å². The Bertz CT molecular complexity index is 490. The molecule has 1 amide bonds. The van der Waals surface area contributed by atoms with Gasteiger partial charge in [0, 0.05) is 19.0 Å². The molecule has 1 aliphatic rings. The molecule has 0 spiro atoms. The molecular formula is C12H11F2NO3. The summed E-state index contributed by atoms with van der Waals surface area (Å²) in [4.78, 5) is 24.0. The number of likely N-dealkylation sites (tertiary alicyclic amines) is 1. The van der Waals surface area contributed by atoms with E-state index in [1.165, 1.54) is 4.90 Å². The van der Waals surface area contributed by atoms with E-state index in [2.05, 4.69) is 0 Å². The Morgan fingerprint density at radius 1 is 1.33 bits per heavy atom. The van der Waals surface area contributed by atoms with E-state index in [-0.39, 0.29) is 18.1 Å². The summed E-state index contributed by atoms with van der Waals surface area (Å²) in [5, 5.41) is 0. The third-order valence-electron chi connectivity index (χ3n) is 2.60. The van der Waals surface area contributed by atoms with Crippen LogP contribution in [0.5, 0.6) is 5.75 Å². The second kappa shape index (κ2) is 5.12. The summed E-state index contributed by atoms with van der Waals surface area (Å²) in [7, 11) is 0. The smallest absolute Gasteiger partial charge is 0.407 e. The lowest BCUT2D eigenvalue weighted by Gasteiger charge is -2.24. The summed E-state index contributed by atoms with van der Waals surface area (Å²) in [5.41, 5.74) is 0. The highest BCUT2D eigenvalue weighted by Crippen LogP contribution is 2.19. The topological polar surface area (TPSA) is 46.6 Å². The maximum Gasteiger partial charge on any atom is 0.415 e. The summed E-state index contributed by atoms with van der Waals surface area (Å²) in [6.45, 7) is 0.370. The van der Waals surface area contributed by atoms with Crippen molar-refractivity contribution in [1.29, 1.82) is 0 Å². The van der Waals surface area contributed by atoms with Gasteiger partial charge in [-0.3, -0.25) is 4.79 Å². The van der Waals surface area contributed by atoms with Crippen LogP contribution in [0.25, 0.3) is 0 Å². The first-order valence-electron chi connectivity index (χ1n) is 5.50. The molecule has 0 aromatic heterocycles. The normalized spacial score (nSPS) is 15.7. The minimum absolute atomic E-state index is 0.0261. The first-order valence-corrected chi connectivity index (χ1v) is 5.50. The number of carbonyl (C=O) groups is 2. The Balaban J connectivity index is 2.04. The average Bonchev–Trinajstić information content (AvgIpc) is 2.32. The SMILES string of the molecule is O=C1CCCN(C(=O)Oc2ccc(F)cc2F)C1. The van der Waals surface area contributed by atoms with Crippen molar-refractivity contribution in [3.63, 3.8) is 0 Å². The summed E-state index contributed by atoms with van der Waals surface area (Å²) < 4.78 is 30.7. The molecule has 1 aromatic rings. The second-order valence-electron chi connectivity index (χ2n) is 4.01. The third-order valence-corrected chi connectivity index (χ3v) is 2.60. The van der Waals surface area contributed by atoms with Crippen molar-refractivity contribution < 1.29 is 23.1 Å². The molecule has 1 heterocycles. The van der Waals surface area contributed by atoms with Gasteiger partial charge in [-0.25, -0.2) is 13.6 Å². The highest BCUT2D eigenvalue weighted by atomic mass is 19.1. The summed E-state index contributed by atoms with van der Waals surface area (Å²) in [5.74, 6) is -2.11. The van der Waals surface area contributed by atoms with Crippen LogP contribution in [0.4, 0.5) is 13.6 Å². The Morgan fingerprint density at radius 2 is 2.11 bits per heavy atom. The van der Waals surface area contributed by atoms with E-state index in [0.717, 1.165) is 12.1 Å². The van der Waals surface area contributed by atoms with E-state index in [1.807, 2.05) is 0 Å². The van der Waals surface area contributed by atoms with Gasteiger partial charge in [-0.2, -0.15) is 0 Å². The summed E-state index contributed by atoms with van der Waals surface area (Å²) >= 11 is 0. The Labute approximate surface area is 102 Å². The fourth-order valence-corrected chi connectivity index (χ4v) is 1.71. The molecule has 2 rings (SSSR count). The Hall–Kier alpha value is -1.98. The first-order chi connectivity index (χ1) is 8.56. The van der Waals surface area contributed by atoms with Gasteiger partial charge in [0.2, 0.25) is 0 Å². The zero-order valence-electron chi connectivity index (χ0n) is 9.49. The lowest BCUT2D eigenvalue weighted by Crippen LogP contribution is -2.41. The zero-order chi connectivity index (χ0) is 13.1. The number of amides is 1. The molecule has 0 saturated carbocycles. The van der Waals surface area contributed by atoms with Crippen molar-refractivity contribution in [2.24, 2.45) is 0 Å². The molecule has 1 aromatic carbocycles. The average molecular weight is 255 g/mol. The number of halogens is 2. The predicted octanol–water partition coefficient (Wildman–Crippen LogP) is 2.13. The number of rotatable bonds is 1. The van der Waals surface area contributed by atoms with Gasteiger partial charge < -0.3 is 9.64 Å². The van der Waals surface area contributed by atoms with Crippen LogP contribution in [0, 0.1) is 11.6 Å². The number of ketones is 1. The molecule has 0 aliphatic carbocycles. The quantitative estimate of drug-likeness (QED) is 0.772. The van der Waals surface area contributed by atoms with Gasteiger partial charge in [-0.1, -0.05) is 0 Å². The Kier molecular flexibility index (Phi) is 3.55. The fraction of sp³-hybridized carbons (Fsp3) is 0.333. The number of ether oxygens (including phenoxy) is 1. The van der Waals surface area contributed by atoms with Crippen LogP contribution >= 0.6 is 0 Å². The van der Waals surface area contributed by atoms with E-state index in [9.17, 15) is 18.4 Å². The minimum atomic E-state index is -0.952. The lowest BCUT2D eigenvalue weighted by atomic mass is 10.1. The molecular weight excluding hydrogens is 244 g/mol. The molecule has 6 heteroatoms. The number of benzene rings is 1. The van der Waals surface area contributed by atoms with Gasteiger partial charge in [0.15, 0.2) is 17.3 Å². The summed E-state index contributed by atoms with van der Waals surface area (Å²) in [6.07, 6.45) is 0.211. The molecule has 18 heavy (non-hydrogen) atoms. The van der Waals surface area contributed by atoms with Crippen LogP contribution in [0.3, 0.4) is 0 Å². The predicted molar refractivity (Wildman–Crippen MR) is 58.2 cm³/mol. The van der Waals surface area contributed by atoms with Gasteiger partial charge in [0.25, 0.3) is 0 Å². The standard InChI is InChI=1S/C12H11F2NO3/c13-8-3-4-11(10(14)6-8)18-12(17)15-5-1-2-9(16)7-15/h3-4,6H,1-2,5,7H2. The second-order valence-corrected chi connectivity index (χ2v) is 4.01. The largest absolute Gasteiger partial charge is 0.415 e. The molecule has 0 radical (unpaired) electrons. The van der Waals surface area contributed by atoms with E-state index in [1.54, 1.807) is 0 Å². The van der Waals surface area contributed by atoms with Crippen molar-refractivity contribution in [2.45, 2.75) is 12.8 Å². The third kappa shape index (κ3) is 2.82. The van der Waals surface area contributed by atoms with Crippen LogP contribution in [0.2, 0.25) is 0 Å². The van der Waals surface area contributed by atoms with Gasteiger partial charge in [-0.15, -0.1) is 0 Å². The van der Waals surface area contributed by atoms with Crippen molar-refractivity contribution in [3.8, 4) is 5.75 Å². The van der Waals surface area contributed by atoms with E-state index >= 15 is 0 Å². The first kappa shape index (κ1) is 12.5. The van der Waals surface area contributed by atoms with Gasteiger partial charge in [0.05, 0.1) is 6.54 Å². The molecule has 1 saturated heterocycles. The minimum Gasteiger partial charge on any atom is -0.407 e. The van der Waals surface area contributed by atoms with Gasteiger partial charge in [-0.05, 0) is 18.6 Å². The van der Waals surface area contributed by atoms with Crippen LogP contribution in [0.1, 0.15) is 12.8 Å². The molecule has 1 fully saturated rings. The lowest BCUT2D eigenvalue weighted by molar-refractivity contribution is -0.121. The monoisotopic (exact) mass is 255 g/mol. The number of nitrogens with zero attached hydrogens (tertiary/aromatic N) is 1. The number of hydrogen-bond acceptors (Lipinski definition) is 3. The molecule has 4 nitrogen and oxygen atoms in total. The van der Waals surface area contributed by atoms with Crippen LogP contribution in [0.15, 0.2) is 18.2 Å². The van der Waals surface area contributed by atoms with Crippen LogP contribution in [-0.2, 0) is 4.79 Å². The highest BCUT2D eigenvalue weighted by molar-refractivity contribution is 5.85. The Morgan fingerprint density at radius 3 is 2.78 bits per heavy atom. The zero-order valence-corrected chi connectivity index (χ0v) is 9.49.